The van der Waals surface area contributed by atoms with Gasteiger partial charge in [-0.05, 0) is 54.5 Å². The van der Waals surface area contributed by atoms with Crippen molar-refractivity contribution in [1.82, 2.24) is 9.88 Å². The summed E-state index contributed by atoms with van der Waals surface area (Å²) in [5.41, 5.74) is 5.05. The maximum absolute atomic E-state index is 11.9. The topological polar surface area (TPSA) is 150 Å². The minimum Gasteiger partial charge on any atom is -0.468 e. The molecule has 5 N–H and O–H groups in total. The molecule has 0 bridgehead atoms. The highest BCUT2D eigenvalue weighted by molar-refractivity contribution is 5.87. The van der Waals surface area contributed by atoms with Crippen LogP contribution in [0.1, 0.15) is 41.3 Å². The Morgan fingerprint density at radius 2 is 1.74 bits per heavy atom. The van der Waals surface area contributed by atoms with Gasteiger partial charge in [-0.1, -0.05) is 36.4 Å². The summed E-state index contributed by atoms with van der Waals surface area (Å²) >= 11 is 0. The molecule has 1 aromatic heterocycles. The molecule has 10 heteroatoms. The van der Waals surface area contributed by atoms with Crippen LogP contribution < -0.4 is 5.32 Å². The number of amides is 1. The summed E-state index contributed by atoms with van der Waals surface area (Å²) in [5, 5.41) is 44.4. The van der Waals surface area contributed by atoms with Crippen LogP contribution in [0.3, 0.4) is 0 Å². The first-order valence-electron chi connectivity index (χ1n) is 13.0. The summed E-state index contributed by atoms with van der Waals surface area (Å²) < 4.78 is 12.1. The Hall–Kier alpha value is -3.28. The number of aliphatic hydroxyl groups excluding tert-OH is 4. The second-order valence-corrected chi connectivity index (χ2v) is 9.95. The molecule has 2 heterocycles. The minimum atomic E-state index is -1.46. The van der Waals surface area contributed by atoms with Gasteiger partial charge in [0.2, 0.25) is 5.91 Å². The molecule has 0 aliphatic carbocycles. The molecule has 210 valence electrons. The van der Waals surface area contributed by atoms with Gasteiger partial charge in [0.05, 0.1) is 19.2 Å². The van der Waals surface area contributed by atoms with Gasteiger partial charge in [-0.25, -0.2) is 0 Å². The first kappa shape index (κ1) is 28.7. The van der Waals surface area contributed by atoms with Crippen molar-refractivity contribution in [2.75, 3.05) is 20.3 Å². The average Bonchev–Trinajstić information content (AvgIpc) is 3.30. The Kier molecular flexibility index (Phi) is 9.36. The van der Waals surface area contributed by atoms with E-state index in [0.29, 0.717) is 19.3 Å². The van der Waals surface area contributed by atoms with E-state index < -0.39 is 43.2 Å². The van der Waals surface area contributed by atoms with Crippen LogP contribution in [0.15, 0.2) is 48.7 Å². The van der Waals surface area contributed by atoms with Crippen LogP contribution >= 0.6 is 0 Å². The SMILES string of the molecule is COC(=O)CNC(=O)CCCc1ccc(Cc2cn([C@@H]3O[C@H](CO)[C@@H](O)[C@H](O)[C@H]3O)c3cccc(C)c23)cc1. The zero-order valence-electron chi connectivity index (χ0n) is 22.1. The summed E-state index contributed by atoms with van der Waals surface area (Å²) in [6, 6.07) is 14.0. The van der Waals surface area contributed by atoms with E-state index >= 15 is 0 Å². The zero-order valence-corrected chi connectivity index (χ0v) is 22.1. The molecule has 0 saturated carbocycles. The molecule has 39 heavy (non-hydrogen) atoms. The fourth-order valence-electron chi connectivity index (χ4n) is 5.07. The number of hydrogen-bond donors (Lipinski definition) is 5. The highest BCUT2D eigenvalue weighted by Crippen LogP contribution is 2.35. The molecule has 0 unspecified atom stereocenters. The monoisotopic (exact) mass is 540 g/mol. The third-order valence-electron chi connectivity index (χ3n) is 7.23. The van der Waals surface area contributed by atoms with Gasteiger partial charge in [0.25, 0.3) is 0 Å². The number of methoxy groups -OCH3 is 1. The number of ether oxygens (including phenoxy) is 2. The third kappa shape index (κ3) is 6.48. The van der Waals surface area contributed by atoms with E-state index in [4.69, 9.17) is 4.74 Å². The summed E-state index contributed by atoms with van der Waals surface area (Å²) in [4.78, 5) is 23.0. The molecular weight excluding hydrogens is 504 g/mol. The van der Waals surface area contributed by atoms with Gasteiger partial charge < -0.3 is 39.8 Å². The van der Waals surface area contributed by atoms with Crippen LogP contribution in [0.2, 0.25) is 0 Å². The Balaban J connectivity index is 1.47. The van der Waals surface area contributed by atoms with Gasteiger partial charge in [0, 0.05) is 18.0 Å². The van der Waals surface area contributed by atoms with Crippen molar-refractivity contribution >= 4 is 22.8 Å². The first-order valence-corrected chi connectivity index (χ1v) is 13.0. The number of esters is 1. The molecule has 1 amide bonds. The third-order valence-corrected chi connectivity index (χ3v) is 7.23. The van der Waals surface area contributed by atoms with Gasteiger partial charge in [-0.3, -0.25) is 9.59 Å². The van der Waals surface area contributed by atoms with Crippen LogP contribution in [-0.2, 0) is 31.9 Å². The van der Waals surface area contributed by atoms with Crippen molar-refractivity contribution in [2.24, 2.45) is 0 Å². The molecule has 1 fully saturated rings. The fraction of sp³-hybridized carbons (Fsp3) is 0.448. The van der Waals surface area contributed by atoms with Gasteiger partial charge in [-0.15, -0.1) is 0 Å². The molecule has 4 rings (SSSR count). The number of carbonyl (C=O) groups is 2. The molecule has 1 aliphatic heterocycles. The molecule has 0 radical (unpaired) electrons. The van der Waals surface area contributed by atoms with Gasteiger partial charge >= 0.3 is 5.97 Å². The summed E-state index contributed by atoms with van der Waals surface area (Å²) in [5.74, 6) is -0.673. The van der Waals surface area contributed by atoms with Crippen molar-refractivity contribution in [1.29, 1.82) is 0 Å². The highest BCUT2D eigenvalue weighted by atomic mass is 16.6. The molecule has 1 saturated heterocycles. The summed E-state index contributed by atoms with van der Waals surface area (Å²) in [6.45, 7) is 1.39. The number of fused-ring (bicyclic) bond motifs is 1. The van der Waals surface area contributed by atoms with Crippen molar-refractivity contribution in [2.45, 2.75) is 63.3 Å². The second-order valence-electron chi connectivity index (χ2n) is 9.95. The van der Waals surface area contributed by atoms with E-state index in [9.17, 15) is 30.0 Å². The smallest absolute Gasteiger partial charge is 0.325 e. The summed E-state index contributed by atoms with van der Waals surface area (Å²) in [6.07, 6.45) is -2.04. The minimum absolute atomic E-state index is 0.129. The molecular formula is C29H36N2O8. The van der Waals surface area contributed by atoms with Crippen molar-refractivity contribution in [3.8, 4) is 0 Å². The number of aromatic nitrogens is 1. The van der Waals surface area contributed by atoms with Crippen LogP contribution in [0.25, 0.3) is 10.9 Å². The normalized spacial score (nSPS) is 23.1. The van der Waals surface area contributed by atoms with Crippen LogP contribution in [0.4, 0.5) is 0 Å². The van der Waals surface area contributed by atoms with E-state index in [0.717, 1.165) is 39.6 Å². The number of aliphatic hydroxyl groups is 4. The Morgan fingerprint density at radius 1 is 1.03 bits per heavy atom. The van der Waals surface area contributed by atoms with E-state index in [1.807, 2.05) is 55.6 Å². The molecule has 2 aromatic carbocycles. The van der Waals surface area contributed by atoms with Gasteiger partial charge in [-0.2, -0.15) is 0 Å². The standard InChI is InChI=1S/C29H36N2O8/c1-17-5-3-7-21-25(17)20(15-31(21)29-28(37)27(36)26(35)22(16-32)39-29)13-19-11-9-18(10-12-19)6-4-8-23(33)30-14-24(34)38-2/h3,5,7,9-12,15,22,26-29,32,35-37H,4,6,8,13-14,16H2,1-2H3,(H,30,33)/t22-,26-,27+,28-,29-/m1/s1. The number of hydrogen-bond acceptors (Lipinski definition) is 8. The van der Waals surface area contributed by atoms with Gasteiger partial charge in [0.15, 0.2) is 6.23 Å². The Morgan fingerprint density at radius 3 is 2.44 bits per heavy atom. The molecule has 0 spiro atoms. The number of nitrogens with one attached hydrogen (secondary N) is 1. The maximum Gasteiger partial charge on any atom is 0.325 e. The Bertz CT molecular complexity index is 1290. The lowest BCUT2D eigenvalue weighted by atomic mass is 9.98. The van der Waals surface area contributed by atoms with Crippen molar-refractivity contribution in [3.63, 3.8) is 0 Å². The fourth-order valence-corrected chi connectivity index (χ4v) is 5.07. The second kappa shape index (κ2) is 12.7. The van der Waals surface area contributed by atoms with E-state index in [2.05, 4.69) is 10.1 Å². The van der Waals surface area contributed by atoms with Crippen molar-refractivity contribution in [3.05, 3.63) is 70.9 Å². The van der Waals surface area contributed by atoms with E-state index in [1.165, 1.54) is 7.11 Å². The lowest BCUT2D eigenvalue weighted by Gasteiger charge is -2.40. The van der Waals surface area contributed by atoms with Gasteiger partial charge in [0.1, 0.15) is 31.0 Å². The number of nitrogens with zero attached hydrogens (tertiary/aromatic N) is 1. The summed E-state index contributed by atoms with van der Waals surface area (Å²) in [7, 11) is 1.28. The lowest BCUT2D eigenvalue weighted by Crippen LogP contribution is -2.56. The predicted molar refractivity (Wildman–Crippen MR) is 143 cm³/mol. The molecule has 5 atom stereocenters. The van der Waals surface area contributed by atoms with E-state index in [-0.39, 0.29) is 12.5 Å². The lowest BCUT2D eigenvalue weighted by molar-refractivity contribution is -0.250. The molecule has 10 nitrogen and oxygen atoms in total. The van der Waals surface area contributed by atoms with Crippen LogP contribution in [0, 0.1) is 6.92 Å². The largest absolute Gasteiger partial charge is 0.468 e. The quantitative estimate of drug-likeness (QED) is 0.240. The average molecular weight is 541 g/mol. The molecule has 1 aliphatic rings. The Labute approximate surface area is 226 Å². The van der Waals surface area contributed by atoms with Crippen LogP contribution in [0.5, 0.6) is 0 Å². The zero-order chi connectivity index (χ0) is 28.1. The maximum atomic E-state index is 11.9. The number of rotatable bonds is 10. The first-order chi connectivity index (χ1) is 18.7. The molecule has 3 aromatic rings. The number of aryl methyl sites for hydroxylation is 2. The highest BCUT2D eigenvalue weighted by Gasteiger charge is 2.44. The van der Waals surface area contributed by atoms with Crippen molar-refractivity contribution < 1.29 is 39.5 Å². The number of benzene rings is 2. The predicted octanol–water partition coefficient (Wildman–Crippen LogP) is 1.12. The van der Waals surface area contributed by atoms with E-state index in [1.54, 1.807) is 4.57 Å². The number of carbonyl (C=O) groups excluding carboxylic acids is 2. The van der Waals surface area contributed by atoms with Crippen LogP contribution in [-0.4, -0.2) is 81.5 Å².